The Labute approximate surface area is 189 Å². The van der Waals surface area contributed by atoms with Crippen LogP contribution >= 0.6 is 0 Å². The number of carbonyl (C=O) groups is 2. The summed E-state index contributed by atoms with van der Waals surface area (Å²) in [5.41, 5.74) is 3.77. The Bertz CT molecular complexity index is 1010. The van der Waals surface area contributed by atoms with Gasteiger partial charge in [0.2, 0.25) is 5.91 Å². The number of rotatable bonds is 8. The Hall–Kier alpha value is -3.54. The third-order valence-corrected chi connectivity index (χ3v) is 5.40. The first-order valence-corrected chi connectivity index (χ1v) is 10.8. The minimum atomic E-state index is -0.289. The highest BCUT2D eigenvalue weighted by molar-refractivity contribution is 5.93. The summed E-state index contributed by atoms with van der Waals surface area (Å²) < 4.78 is 5.47. The molecule has 3 aromatic rings. The summed E-state index contributed by atoms with van der Waals surface area (Å²) in [4.78, 5) is 29.7. The van der Waals surface area contributed by atoms with Gasteiger partial charge in [-0.15, -0.1) is 0 Å². The lowest BCUT2D eigenvalue weighted by Crippen LogP contribution is -2.47. The summed E-state index contributed by atoms with van der Waals surface area (Å²) in [6.45, 7) is 8.48. The van der Waals surface area contributed by atoms with Crippen molar-refractivity contribution in [3.8, 4) is 0 Å². The molecule has 0 aliphatic rings. The molecule has 0 saturated carbocycles. The number of furan rings is 1. The molecule has 0 unspecified atom stereocenters. The predicted molar refractivity (Wildman–Crippen MR) is 126 cm³/mol. The molecule has 0 fully saturated rings. The van der Waals surface area contributed by atoms with Crippen LogP contribution in [-0.2, 0) is 17.9 Å². The minimum absolute atomic E-state index is 0.0258. The van der Waals surface area contributed by atoms with E-state index >= 15 is 0 Å². The van der Waals surface area contributed by atoms with Crippen LogP contribution in [0.1, 0.15) is 36.3 Å². The summed E-state index contributed by atoms with van der Waals surface area (Å²) in [5, 5.41) is 3.00. The summed E-state index contributed by atoms with van der Waals surface area (Å²) >= 11 is 0. The fourth-order valence-electron chi connectivity index (χ4n) is 3.55. The molecule has 0 radical (unpaired) electrons. The van der Waals surface area contributed by atoms with Crippen molar-refractivity contribution in [2.75, 3.05) is 11.9 Å². The topological polar surface area (TPSA) is 65.8 Å². The molecule has 32 heavy (non-hydrogen) atoms. The Balaban J connectivity index is 1.77. The average molecular weight is 434 g/mol. The molecular weight excluding hydrogens is 402 g/mol. The van der Waals surface area contributed by atoms with E-state index in [0.717, 1.165) is 22.4 Å². The first kappa shape index (κ1) is 23.1. The molecule has 168 valence electrons. The van der Waals surface area contributed by atoms with Crippen molar-refractivity contribution >= 4 is 17.6 Å². The van der Waals surface area contributed by atoms with Crippen molar-refractivity contribution in [3.63, 3.8) is 0 Å². The van der Waals surface area contributed by atoms with Gasteiger partial charge in [0.1, 0.15) is 12.3 Å². The van der Waals surface area contributed by atoms with Crippen LogP contribution in [0.25, 0.3) is 0 Å². The number of nitrogens with one attached hydrogen (secondary N) is 1. The number of nitrogens with zero attached hydrogens (tertiary/aromatic N) is 2. The number of anilines is 1. The molecule has 0 atom stereocenters. The van der Waals surface area contributed by atoms with E-state index in [1.54, 1.807) is 22.1 Å². The molecule has 0 aliphatic heterocycles. The highest BCUT2D eigenvalue weighted by Crippen LogP contribution is 2.20. The molecule has 2 aromatic carbocycles. The summed E-state index contributed by atoms with van der Waals surface area (Å²) in [5.74, 6) is 0.556. The van der Waals surface area contributed by atoms with Crippen molar-refractivity contribution in [3.05, 3.63) is 89.4 Å². The number of urea groups is 1. The quantitative estimate of drug-likeness (QED) is 0.519. The zero-order chi connectivity index (χ0) is 23.1. The van der Waals surface area contributed by atoms with Gasteiger partial charge in [0.15, 0.2) is 0 Å². The van der Waals surface area contributed by atoms with Crippen molar-refractivity contribution in [1.29, 1.82) is 0 Å². The number of hydrogen-bond donors (Lipinski definition) is 1. The standard InChI is InChI=1S/C26H31N3O3/c1-19(2)29(26(31)27-25-20(3)10-8-11-21(25)4)18-24(30)28(17-23-14-9-15-32-23)16-22-12-6-5-7-13-22/h5-15,19H,16-18H2,1-4H3,(H,27,31). The van der Waals surface area contributed by atoms with E-state index in [2.05, 4.69) is 5.32 Å². The Morgan fingerprint density at radius 2 is 1.59 bits per heavy atom. The third-order valence-electron chi connectivity index (χ3n) is 5.40. The zero-order valence-corrected chi connectivity index (χ0v) is 19.2. The van der Waals surface area contributed by atoms with E-state index < -0.39 is 0 Å². The van der Waals surface area contributed by atoms with Gasteiger partial charge in [-0.3, -0.25) is 4.79 Å². The van der Waals surface area contributed by atoms with E-state index in [1.165, 1.54) is 0 Å². The van der Waals surface area contributed by atoms with Gasteiger partial charge in [0, 0.05) is 18.3 Å². The summed E-state index contributed by atoms with van der Waals surface area (Å²) in [7, 11) is 0. The van der Waals surface area contributed by atoms with E-state index in [1.807, 2.05) is 82.3 Å². The van der Waals surface area contributed by atoms with Crippen LogP contribution in [0.15, 0.2) is 71.3 Å². The lowest BCUT2D eigenvalue weighted by molar-refractivity contribution is -0.133. The summed E-state index contributed by atoms with van der Waals surface area (Å²) in [6.07, 6.45) is 1.60. The molecule has 1 aromatic heterocycles. The maximum Gasteiger partial charge on any atom is 0.322 e. The number of aryl methyl sites for hydroxylation is 2. The molecule has 0 saturated heterocycles. The van der Waals surface area contributed by atoms with Gasteiger partial charge >= 0.3 is 6.03 Å². The monoisotopic (exact) mass is 433 g/mol. The van der Waals surface area contributed by atoms with E-state index in [0.29, 0.717) is 18.8 Å². The second-order valence-corrected chi connectivity index (χ2v) is 8.23. The smallest absolute Gasteiger partial charge is 0.322 e. The Kier molecular flexibility index (Phi) is 7.71. The number of hydrogen-bond acceptors (Lipinski definition) is 3. The van der Waals surface area contributed by atoms with Gasteiger partial charge in [-0.2, -0.15) is 0 Å². The molecule has 3 rings (SSSR count). The number of amides is 3. The lowest BCUT2D eigenvalue weighted by Gasteiger charge is -2.30. The molecule has 3 amide bonds. The maximum atomic E-state index is 13.3. The van der Waals surface area contributed by atoms with Crippen LogP contribution < -0.4 is 5.32 Å². The number of para-hydroxylation sites is 1. The van der Waals surface area contributed by atoms with Crippen molar-refractivity contribution < 1.29 is 14.0 Å². The maximum absolute atomic E-state index is 13.3. The Morgan fingerprint density at radius 3 is 2.19 bits per heavy atom. The van der Waals surface area contributed by atoms with Gasteiger partial charge in [0.05, 0.1) is 12.8 Å². The largest absolute Gasteiger partial charge is 0.467 e. The molecule has 6 nitrogen and oxygen atoms in total. The number of benzene rings is 2. The molecule has 0 bridgehead atoms. The molecule has 1 N–H and O–H groups in total. The van der Waals surface area contributed by atoms with Crippen LogP contribution in [0.4, 0.5) is 10.5 Å². The molecular formula is C26H31N3O3. The van der Waals surface area contributed by atoms with Crippen LogP contribution in [0, 0.1) is 13.8 Å². The normalized spacial score (nSPS) is 10.8. The SMILES string of the molecule is Cc1cccc(C)c1NC(=O)N(CC(=O)N(Cc1ccccc1)Cc1ccco1)C(C)C. The highest BCUT2D eigenvalue weighted by Gasteiger charge is 2.25. The van der Waals surface area contributed by atoms with Gasteiger partial charge in [-0.25, -0.2) is 4.79 Å². The van der Waals surface area contributed by atoms with Gasteiger partial charge in [-0.05, 0) is 56.5 Å². The lowest BCUT2D eigenvalue weighted by atomic mass is 10.1. The van der Waals surface area contributed by atoms with Crippen LogP contribution in [0.3, 0.4) is 0 Å². The fourth-order valence-corrected chi connectivity index (χ4v) is 3.55. The van der Waals surface area contributed by atoms with Gasteiger partial charge in [-0.1, -0.05) is 48.5 Å². The van der Waals surface area contributed by atoms with Crippen molar-refractivity contribution in [1.82, 2.24) is 9.80 Å². The van der Waals surface area contributed by atoms with Crippen molar-refractivity contribution in [2.24, 2.45) is 0 Å². The highest BCUT2D eigenvalue weighted by atomic mass is 16.3. The van der Waals surface area contributed by atoms with Gasteiger partial charge in [0.25, 0.3) is 0 Å². The Morgan fingerprint density at radius 1 is 0.906 bits per heavy atom. The molecule has 0 aliphatic carbocycles. The third kappa shape index (κ3) is 6.00. The van der Waals surface area contributed by atoms with E-state index in [4.69, 9.17) is 4.42 Å². The first-order chi connectivity index (χ1) is 15.3. The predicted octanol–water partition coefficient (Wildman–Crippen LogP) is 5.37. The van der Waals surface area contributed by atoms with Crippen LogP contribution in [-0.4, -0.2) is 34.3 Å². The second-order valence-electron chi connectivity index (χ2n) is 8.23. The van der Waals surface area contributed by atoms with Crippen molar-refractivity contribution in [2.45, 2.75) is 46.8 Å². The number of carbonyl (C=O) groups excluding carboxylic acids is 2. The average Bonchev–Trinajstić information content (AvgIpc) is 3.27. The second kappa shape index (κ2) is 10.7. The van der Waals surface area contributed by atoms with Crippen LogP contribution in [0.2, 0.25) is 0 Å². The fraction of sp³-hybridized carbons (Fsp3) is 0.308. The molecule has 1 heterocycles. The zero-order valence-electron chi connectivity index (χ0n) is 19.2. The van der Waals surface area contributed by atoms with E-state index in [9.17, 15) is 9.59 Å². The van der Waals surface area contributed by atoms with Gasteiger partial charge < -0.3 is 19.5 Å². The molecule has 6 heteroatoms. The molecule has 0 spiro atoms. The minimum Gasteiger partial charge on any atom is -0.467 e. The van der Waals surface area contributed by atoms with E-state index in [-0.39, 0.29) is 24.5 Å². The van der Waals surface area contributed by atoms with Crippen LogP contribution in [0.5, 0.6) is 0 Å². The first-order valence-electron chi connectivity index (χ1n) is 10.8. The summed E-state index contributed by atoms with van der Waals surface area (Å²) in [6, 6.07) is 18.9.